The zero-order valence-electron chi connectivity index (χ0n) is 38.4. The first-order chi connectivity index (χ1) is 27.4. The van der Waals surface area contributed by atoms with E-state index in [0.29, 0.717) is 100.0 Å². The fourth-order valence-electron chi connectivity index (χ4n) is 18.1. The van der Waals surface area contributed by atoms with Crippen molar-refractivity contribution in [3.63, 3.8) is 0 Å². The molecule has 8 saturated carbocycles. The van der Waals surface area contributed by atoms with Crippen LogP contribution in [0.15, 0.2) is 0 Å². The van der Waals surface area contributed by atoms with E-state index in [2.05, 4.69) is 48.5 Å². The lowest BCUT2D eigenvalue weighted by Gasteiger charge is -2.63. The van der Waals surface area contributed by atoms with Gasteiger partial charge in [0.2, 0.25) is 0 Å². The molecule has 58 heavy (non-hydrogen) atoms. The van der Waals surface area contributed by atoms with Gasteiger partial charge in [0.25, 0.3) is 0 Å². The highest BCUT2D eigenvalue weighted by atomic mass is 16.5. The molecule has 0 aromatic heterocycles. The van der Waals surface area contributed by atoms with Gasteiger partial charge in [0.1, 0.15) is 0 Å². The van der Waals surface area contributed by atoms with Crippen molar-refractivity contribution in [3.8, 4) is 0 Å². The van der Waals surface area contributed by atoms with E-state index >= 15 is 0 Å². The molecule has 8 fully saturated rings. The third-order valence-electron chi connectivity index (χ3n) is 21.3. The average molecular weight is 811 g/mol. The molecule has 0 spiro atoms. The van der Waals surface area contributed by atoms with E-state index < -0.39 is 11.9 Å². The summed E-state index contributed by atoms with van der Waals surface area (Å²) in [6.07, 6.45) is 23.0. The molecule has 0 aliphatic heterocycles. The Kier molecular flexibility index (Phi) is 13.3. The Balaban J connectivity index is 0.000000177. The molecule has 8 aliphatic carbocycles. The fourth-order valence-corrected chi connectivity index (χ4v) is 18.1. The predicted octanol–water partition coefficient (Wildman–Crippen LogP) is 11.5. The van der Waals surface area contributed by atoms with Crippen molar-refractivity contribution in [1.82, 2.24) is 0 Å². The molecule has 0 bridgehead atoms. The molecule has 3 N–H and O–H groups in total. The number of aliphatic carboxylic acids is 2. The number of hydrogen-bond acceptors (Lipinski definition) is 5. The van der Waals surface area contributed by atoms with Crippen LogP contribution in [-0.4, -0.2) is 59.8 Å². The zero-order chi connectivity index (χ0) is 41.9. The van der Waals surface area contributed by atoms with E-state index in [0.717, 1.165) is 62.2 Å². The van der Waals surface area contributed by atoms with Gasteiger partial charge in [-0.15, -0.1) is 0 Å². The Morgan fingerprint density at radius 2 is 0.966 bits per heavy atom. The summed E-state index contributed by atoms with van der Waals surface area (Å²) >= 11 is 0. The second kappa shape index (κ2) is 17.2. The number of carboxylic acid groups (broad SMARTS) is 2. The topological polar surface area (TPSA) is 113 Å². The van der Waals surface area contributed by atoms with Gasteiger partial charge in [0.15, 0.2) is 0 Å². The fraction of sp³-hybridized carbons (Fsp3) is 0.961. The molecule has 8 aliphatic rings. The van der Waals surface area contributed by atoms with Crippen molar-refractivity contribution in [2.75, 3.05) is 14.2 Å². The maximum Gasteiger partial charge on any atom is 0.303 e. The monoisotopic (exact) mass is 811 g/mol. The van der Waals surface area contributed by atoms with E-state index in [1.807, 2.05) is 14.2 Å². The Bertz CT molecular complexity index is 1340. The highest BCUT2D eigenvalue weighted by Gasteiger charge is 2.65. The molecule has 7 heteroatoms. The Morgan fingerprint density at radius 3 is 1.40 bits per heavy atom. The summed E-state index contributed by atoms with van der Waals surface area (Å²) in [4.78, 5) is 22.2. The SMILES string of the molecule is CO[C@@H]1C[C@@H]2C[C@H](C)CC[C@]2(C)[C@H]2CC[C@]3(C)[C@@H]([C@H](C)CCC(=O)O)CC[C@H]3[C@H]12.CO[C@@H]1C[C@@H]2C[C@H](O)CC[C@]2(C)[C@H]2CC[C@]3(C)[C@@H]([C@H](C)CCC(=O)O)CC[C@H]3[C@H]12. The van der Waals surface area contributed by atoms with E-state index in [1.54, 1.807) is 0 Å². The minimum absolute atomic E-state index is 0.123. The summed E-state index contributed by atoms with van der Waals surface area (Å²) in [7, 11) is 3.86. The number of carboxylic acids is 2. The van der Waals surface area contributed by atoms with Gasteiger partial charge in [-0.2, -0.15) is 0 Å². The molecule has 7 nitrogen and oxygen atoms in total. The van der Waals surface area contributed by atoms with Gasteiger partial charge in [-0.05, 0) is 208 Å². The van der Waals surface area contributed by atoms with Gasteiger partial charge in [-0.25, -0.2) is 0 Å². The smallest absolute Gasteiger partial charge is 0.303 e. The van der Waals surface area contributed by atoms with Crippen LogP contribution in [0.2, 0.25) is 0 Å². The number of aliphatic hydroxyl groups is 1. The molecular weight excluding hydrogens is 725 g/mol. The summed E-state index contributed by atoms with van der Waals surface area (Å²) in [5.41, 5.74) is 1.57. The molecule has 332 valence electrons. The van der Waals surface area contributed by atoms with Crippen molar-refractivity contribution in [1.29, 1.82) is 0 Å². The van der Waals surface area contributed by atoms with Crippen LogP contribution in [0.3, 0.4) is 0 Å². The first kappa shape index (κ1) is 44.9. The summed E-state index contributed by atoms with van der Waals surface area (Å²) in [6, 6.07) is 0. The maximum absolute atomic E-state index is 11.1. The lowest BCUT2D eigenvalue weighted by atomic mass is 9.43. The Morgan fingerprint density at radius 1 is 0.569 bits per heavy atom. The van der Waals surface area contributed by atoms with Crippen LogP contribution in [0.5, 0.6) is 0 Å². The van der Waals surface area contributed by atoms with Gasteiger partial charge < -0.3 is 24.8 Å². The predicted molar refractivity (Wildman–Crippen MR) is 230 cm³/mol. The number of hydrogen-bond donors (Lipinski definition) is 3. The summed E-state index contributed by atoms with van der Waals surface area (Å²) < 4.78 is 12.4. The van der Waals surface area contributed by atoms with Gasteiger partial charge >= 0.3 is 11.9 Å². The number of ether oxygens (including phenoxy) is 2. The van der Waals surface area contributed by atoms with E-state index in [1.165, 1.54) is 77.0 Å². The summed E-state index contributed by atoms with van der Waals surface area (Å²) in [5, 5.41) is 28.6. The number of aliphatic hydroxyl groups excluding tert-OH is 1. The van der Waals surface area contributed by atoms with Crippen LogP contribution >= 0.6 is 0 Å². The molecule has 0 aromatic rings. The molecule has 20 atom stereocenters. The average Bonchev–Trinajstić information content (AvgIpc) is 3.73. The van der Waals surface area contributed by atoms with Crippen molar-refractivity contribution in [2.45, 2.75) is 195 Å². The summed E-state index contributed by atoms with van der Waals surface area (Å²) in [5.74, 6) is 7.68. The van der Waals surface area contributed by atoms with Crippen LogP contribution in [0, 0.1) is 98.6 Å². The minimum atomic E-state index is -0.662. The number of carbonyl (C=O) groups is 2. The van der Waals surface area contributed by atoms with Crippen LogP contribution in [0.25, 0.3) is 0 Å². The van der Waals surface area contributed by atoms with Gasteiger partial charge in [-0.3, -0.25) is 9.59 Å². The lowest BCUT2D eigenvalue weighted by Crippen LogP contribution is -2.59. The van der Waals surface area contributed by atoms with Crippen molar-refractivity contribution < 1.29 is 34.4 Å². The van der Waals surface area contributed by atoms with Crippen molar-refractivity contribution in [3.05, 3.63) is 0 Å². The van der Waals surface area contributed by atoms with Crippen LogP contribution in [0.4, 0.5) is 0 Å². The lowest BCUT2D eigenvalue weighted by molar-refractivity contribution is -0.181. The van der Waals surface area contributed by atoms with Crippen LogP contribution in [0.1, 0.15) is 177 Å². The molecule has 0 heterocycles. The van der Waals surface area contributed by atoms with Crippen molar-refractivity contribution in [2.24, 2.45) is 98.6 Å². The first-order valence-corrected chi connectivity index (χ1v) is 24.6. The maximum atomic E-state index is 11.1. The van der Waals surface area contributed by atoms with Crippen LogP contribution < -0.4 is 0 Å². The van der Waals surface area contributed by atoms with Gasteiger partial charge in [-0.1, -0.05) is 54.9 Å². The first-order valence-electron chi connectivity index (χ1n) is 24.6. The van der Waals surface area contributed by atoms with E-state index in [9.17, 15) is 14.7 Å². The minimum Gasteiger partial charge on any atom is -0.481 e. The zero-order valence-corrected chi connectivity index (χ0v) is 38.4. The van der Waals surface area contributed by atoms with Crippen LogP contribution in [-0.2, 0) is 19.1 Å². The second-order valence-corrected chi connectivity index (χ2v) is 23.6. The quantitative estimate of drug-likeness (QED) is 0.201. The highest BCUT2D eigenvalue weighted by Crippen LogP contribution is 2.70. The normalized spacial score (nSPS) is 50.3. The number of fused-ring (bicyclic) bond motifs is 10. The number of rotatable bonds is 10. The number of methoxy groups -OCH3 is 2. The van der Waals surface area contributed by atoms with Crippen molar-refractivity contribution >= 4 is 11.9 Å². The molecule has 0 amide bonds. The molecule has 0 saturated heterocycles. The molecule has 8 rings (SSSR count). The van der Waals surface area contributed by atoms with Gasteiger partial charge in [0, 0.05) is 27.1 Å². The Hall–Kier alpha value is -1.18. The largest absolute Gasteiger partial charge is 0.481 e. The second-order valence-electron chi connectivity index (χ2n) is 23.6. The third kappa shape index (κ3) is 7.78. The summed E-state index contributed by atoms with van der Waals surface area (Å²) in [6.45, 7) is 17.3. The molecule has 0 unspecified atom stereocenters. The van der Waals surface area contributed by atoms with Gasteiger partial charge in [0.05, 0.1) is 18.3 Å². The van der Waals surface area contributed by atoms with E-state index in [-0.39, 0.29) is 6.10 Å². The van der Waals surface area contributed by atoms with E-state index in [4.69, 9.17) is 19.7 Å². The molecular formula is C51H86O7. The molecule has 0 radical (unpaired) electrons. The Labute approximate surface area is 353 Å². The highest BCUT2D eigenvalue weighted by molar-refractivity contribution is 5.66. The molecule has 0 aromatic carbocycles. The standard InChI is InChI=1S/C26H44O3.C25H42O4/c1-16-10-12-25(3)18(14-16)15-22(29-5)24-20-8-7-19(17(2)6-9-23(27)28)26(20,4)13-11-21(24)25;1-15(5-8-22(27)28)18-6-7-19-23-20(10-12-25(18,19)3)24(2)11-9-17(26)13-16(24)14-21(23)29-4/h16-22,24H,6-15H2,1-5H3,(H,27,28);15-21,23,26H,5-14H2,1-4H3,(H,27,28)/t16-,17-,18+,19-,20+,21+,22-,24+,25+,26-;15-,16+,17-,18-,19+,20+,21-,23+,24+,25-/m11/s1. The third-order valence-corrected chi connectivity index (χ3v) is 21.3.